The second kappa shape index (κ2) is 4.94. The van der Waals surface area contributed by atoms with Crippen LogP contribution in [0.2, 0.25) is 0 Å². The van der Waals surface area contributed by atoms with Crippen LogP contribution in [0.1, 0.15) is 44.9 Å². The summed E-state index contributed by atoms with van der Waals surface area (Å²) in [5, 5.41) is 0. The number of nitrogens with two attached hydrogens (primary N) is 2. The Hall–Kier alpha value is -0.610. The number of hydrogen-bond donors (Lipinski definition) is 2. The maximum absolute atomic E-state index is 11.3. The lowest BCUT2D eigenvalue weighted by molar-refractivity contribution is -0.123. The summed E-state index contributed by atoms with van der Waals surface area (Å²) in [6.07, 6.45) is 7.95. The van der Waals surface area contributed by atoms with Gasteiger partial charge in [-0.2, -0.15) is 0 Å². The molecule has 2 rings (SSSR count). The van der Waals surface area contributed by atoms with Crippen molar-refractivity contribution in [1.82, 2.24) is 4.90 Å². The summed E-state index contributed by atoms with van der Waals surface area (Å²) in [5.41, 5.74) is 10.7. The second-order valence-electron chi connectivity index (χ2n) is 6.01. The second-order valence-corrected chi connectivity index (χ2v) is 6.01. The van der Waals surface area contributed by atoms with E-state index in [1.165, 1.54) is 25.7 Å². The molecule has 0 aliphatic heterocycles. The van der Waals surface area contributed by atoms with Crippen molar-refractivity contribution in [2.75, 3.05) is 13.6 Å². The molecule has 2 aliphatic carbocycles. The number of carbonyl (C=O) groups excluding carboxylic acids is 1. The number of rotatable bonds is 4. The Morgan fingerprint density at radius 2 is 2.00 bits per heavy atom. The lowest BCUT2D eigenvalue weighted by Crippen LogP contribution is -2.51. The zero-order valence-electron chi connectivity index (χ0n) is 10.8. The zero-order chi connectivity index (χ0) is 12.5. The average molecular weight is 239 g/mol. The van der Waals surface area contributed by atoms with Gasteiger partial charge in [-0.25, -0.2) is 0 Å². The summed E-state index contributed by atoms with van der Waals surface area (Å²) in [6, 6.07) is 0.438. The smallest absolute Gasteiger partial charge is 0.237 e. The van der Waals surface area contributed by atoms with Gasteiger partial charge >= 0.3 is 0 Å². The van der Waals surface area contributed by atoms with E-state index in [-0.39, 0.29) is 5.91 Å². The lowest BCUT2D eigenvalue weighted by Gasteiger charge is -2.28. The van der Waals surface area contributed by atoms with Crippen LogP contribution in [0.15, 0.2) is 0 Å². The van der Waals surface area contributed by atoms with Crippen LogP contribution in [-0.4, -0.2) is 36.0 Å². The summed E-state index contributed by atoms with van der Waals surface area (Å²) in [6.45, 7) is 1.15. The van der Waals surface area contributed by atoms with Crippen molar-refractivity contribution in [2.45, 2.75) is 56.5 Å². The highest BCUT2D eigenvalue weighted by Gasteiger charge is 2.42. The normalized spacial score (nSPS) is 34.6. The fraction of sp³-hybridized carbons (Fsp3) is 0.923. The van der Waals surface area contributed by atoms with Gasteiger partial charge in [0, 0.05) is 12.6 Å². The Kier molecular flexibility index (Phi) is 3.73. The molecular weight excluding hydrogens is 214 g/mol. The van der Waals surface area contributed by atoms with E-state index in [0.29, 0.717) is 6.04 Å². The van der Waals surface area contributed by atoms with Gasteiger partial charge in [0.15, 0.2) is 0 Å². The van der Waals surface area contributed by atoms with Crippen molar-refractivity contribution in [3.8, 4) is 0 Å². The van der Waals surface area contributed by atoms with Gasteiger partial charge in [-0.3, -0.25) is 4.79 Å². The maximum Gasteiger partial charge on any atom is 0.237 e. The molecule has 0 heterocycles. The van der Waals surface area contributed by atoms with Gasteiger partial charge in [0.25, 0.3) is 0 Å². The van der Waals surface area contributed by atoms with Crippen LogP contribution in [0.5, 0.6) is 0 Å². The number of amides is 1. The Morgan fingerprint density at radius 3 is 2.53 bits per heavy atom. The van der Waals surface area contributed by atoms with Crippen molar-refractivity contribution in [1.29, 1.82) is 0 Å². The molecule has 1 amide bonds. The third kappa shape index (κ3) is 2.80. The molecule has 2 aliphatic rings. The first-order chi connectivity index (χ1) is 8.01. The monoisotopic (exact) mass is 239 g/mol. The summed E-state index contributed by atoms with van der Waals surface area (Å²) < 4.78 is 0. The molecule has 0 aromatic rings. The van der Waals surface area contributed by atoms with Gasteiger partial charge in [-0.15, -0.1) is 0 Å². The van der Waals surface area contributed by atoms with E-state index in [1.807, 2.05) is 0 Å². The molecule has 0 radical (unpaired) electrons. The van der Waals surface area contributed by atoms with E-state index in [9.17, 15) is 4.79 Å². The highest BCUT2D eigenvalue weighted by molar-refractivity contribution is 5.84. The Balaban J connectivity index is 1.85. The lowest BCUT2D eigenvalue weighted by atomic mass is 9.98. The van der Waals surface area contributed by atoms with Gasteiger partial charge in [0.05, 0.1) is 5.54 Å². The SMILES string of the molecule is CN(CC1CCCC1)C1CCC(N)(C(N)=O)C1. The predicted molar refractivity (Wildman–Crippen MR) is 68.3 cm³/mol. The van der Waals surface area contributed by atoms with Crippen molar-refractivity contribution >= 4 is 5.91 Å². The topological polar surface area (TPSA) is 72.3 Å². The van der Waals surface area contributed by atoms with Crippen LogP contribution in [-0.2, 0) is 4.79 Å². The molecule has 2 atom stereocenters. The Morgan fingerprint density at radius 1 is 1.35 bits per heavy atom. The van der Waals surface area contributed by atoms with Crippen molar-refractivity contribution in [3.05, 3.63) is 0 Å². The zero-order valence-corrected chi connectivity index (χ0v) is 10.8. The van der Waals surface area contributed by atoms with Crippen LogP contribution in [0.25, 0.3) is 0 Å². The highest BCUT2D eigenvalue weighted by atomic mass is 16.1. The van der Waals surface area contributed by atoms with Gasteiger partial charge in [0.2, 0.25) is 5.91 Å². The van der Waals surface area contributed by atoms with Crippen LogP contribution in [0.4, 0.5) is 0 Å². The van der Waals surface area contributed by atoms with Crippen LogP contribution < -0.4 is 11.5 Å². The molecule has 0 aromatic carbocycles. The summed E-state index contributed by atoms with van der Waals surface area (Å²) in [4.78, 5) is 13.7. The first-order valence-corrected chi connectivity index (χ1v) is 6.80. The molecule has 2 saturated carbocycles. The number of carbonyl (C=O) groups is 1. The molecule has 0 saturated heterocycles. The third-order valence-corrected chi connectivity index (χ3v) is 4.66. The molecule has 2 unspecified atom stereocenters. The molecule has 4 heteroatoms. The van der Waals surface area contributed by atoms with E-state index in [0.717, 1.165) is 31.7 Å². The summed E-state index contributed by atoms with van der Waals surface area (Å²) >= 11 is 0. The quantitative estimate of drug-likeness (QED) is 0.763. The largest absolute Gasteiger partial charge is 0.368 e. The predicted octanol–water partition coefficient (Wildman–Crippen LogP) is 0.844. The molecule has 0 bridgehead atoms. The molecule has 4 N–H and O–H groups in total. The molecular formula is C13H25N3O. The van der Waals surface area contributed by atoms with Gasteiger partial charge < -0.3 is 16.4 Å². The number of primary amides is 1. The van der Waals surface area contributed by atoms with Crippen molar-refractivity contribution in [3.63, 3.8) is 0 Å². The molecule has 0 aromatic heterocycles. The Labute approximate surface area is 104 Å². The molecule has 2 fully saturated rings. The third-order valence-electron chi connectivity index (χ3n) is 4.66. The summed E-state index contributed by atoms with van der Waals surface area (Å²) in [5.74, 6) is 0.510. The minimum absolute atomic E-state index is 0.339. The van der Waals surface area contributed by atoms with Crippen LogP contribution in [0.3, 0.4) is 0 Å². The van der Waals surface area contributed by atoms with Crippen molar-refractivity contribution < 1.29 is 4.79 Å². The number of hydrogen-bond acceptors (Lipinski definition) is 3. The Bertz CT molecular complexity index is 288. The van der Waals surface area contributed by atoms with E-state index in [1.54, 1.807) is 0 Å². The standard InChI is InChI=1S/C13H25N3O/c1-16(9-10-4-2-3-5-10)11-6-7-13(15,8-11)12(14)17/h10-11H,2-9,15H2,1H3,(H2,14,17). The van der Waals surface area contributed by atoms with Crippen molar-refractivity contribution in [2.24, 2.45) is 17.4 Å². The van der Waals surface area contributed by atoms with E-state index >= 15 is 0 Å². The number of nitrogens with zero attached hydrogens (tertiary/aromatic N) is 1. The molecule has 98 valence electrons. The van der Waals surface area contributed by atoms with Gasteiger partial charge in [0.1, 0.15) is 0 Å². The fourth-order valence-electron chi connectivity index (χ4n) is 3.40. The summed E-state index contributed by atoms with van der Waals surface area (Å²) in [7, 11) is 2.16. The van der Waals surface area contributed by atoms with Gasteiger partial charge in [-0.05, 0) is 45.1 Å². The van der Waals surface area contributed by atoms with E-state index < -0.39 is 5.54 Å². The molecule has 17 heavy (non-hydrogen) atoms. The highest BCUT2D eigenvalue weighted by Crippen LogP contribution is 2.32. The minimum atomic E-state index is -0.755. The maximum atomic E-state index is 11.3. The first-order valence-electron chi connectivity index (χ1n) is 6.80. The molecule has 0 spiro atoms. The fourth-order valence-corrected chi connectivity index (χ4v) is 3.40. The van der Waals surface area contributed by atoms with E-state index in [2.05, 4.69) is 11.9 Å². The molecule has 4 nitrogen and oxygen atoms in total. The average Bonchev–Trinajstić information content (AvgIpc) is 2.88. The van der Waals surface area contributed by atoms with Gasteiger partial charge in [-0.1, -0.05) is 12.8 Å². The van der Waals surface area contributed by atoms with E-state index in [4.69, 9.17) is 11.5 Å². The first kappa shape index (κ1) is 12.8. The van der Waals surface area contributed by atoms with Crippen LogP contribution >= 0.6 is 0 Å². The minimum Gasteiger partial charge on any atom is -0.368 e. The van der Waals surface area contributed by atoms with Crippen LogP contribution in [0, 0.1) is 5.92 Å².